The first kappa shape index (κ1) is 17.8. The fourth-order valence-electron chi connectivity index (χ4n) is 2.91. The minimum atomic E-state index is -0.493. The largest absolute Gasteiger partial charge is 0.393 e. The molecule has 1 aliphatic heterocycles. The zero-order valence-electron chi connectivity index (χ0n) is 14.3. The highest BCUT2D eigenvalue weighted by atomic mass is 16.5. The van der Waals surface area contributed by atoms with Crippen molar-refractivity contribution in [2.45, 2.75) is 44.6 Å². The van der Waals surface area contributed by atoms with Crippen LogP contribution in [0.1, 0.15) is 44.6 Å². The van der Waals surface area contributed by atoms with Crippen molar-refractivity contribution in [1.82, 2.24) is 4.90 Å². The van der Waals surface area contributed by atoms with E-state index in [0.717, 1.165) is 12.1 Å². The van der Waals surface area contributed by atoms with Crippen LogP contribution in [-0.4, -0.2) is 48.4 Å². The first-order valence-corrected chi connectivity index (χ1v) is 8.35. The van der Waals surface area contributed by atoms with Crippen LogP contribution in [0.25, 0.3) is 0 Å². The number of methoxy groups -OCH3 is 1. The third-order valence-electron chi connectivity index (χ3n) is 5.00. The van der Waals surface area contributed by atoms with Gasteiger partial charge in [0, 0.05) is 25.9 Å². The van der Waals surface area contributed by atoms with E-state index in [0.29, 0.717) is 31.8 Å². The maximum atomic E-state index is 12.4. The monoisotopic (exact) mass is 320 g/mol. The fraction of sp³-hybridized carbons (Fsp3) is 0.611. The fourth-order valence-corrected chi connectivity index (χ4v) is 2.91. The number of carbonyl (C=O) groups excluding carboxylic acids is 1. The van der Waals surface area contributed by atoms with Gasteiger partial charge in [-0.1, -0.05) is 26.0 Å². The highest BCUT2D eigenvalue weighted by Gasteiger charge is 2.35. The van der Waals surface area contributed by atoms with Gasteiger partial charge in [0.2, 0.25) is 0 Å². The summed E-state index contributed by atoms with van der Waals surface area (Å²) in [7, 11) is 1.62. The van der Waals surface area contributed by atoms with Crippen molar-refractivity contribution in [3.8, 4) is 0 Å². The maximum Gasteiger partial charge on any atom is 0.321 e. The summed E-state index contributed by atoms with van der Waals surface area (Å²) in [5, 5.41) is 12.4. The lowest BCUT2D eigenvalue weighted by Gasteiger charge is -2.39. The molecule has 5 nitrogen and oxygen atoms in total. The Balaban J connectivity index is 1.95. The number of hydrogen-bond donors (Lipinski definition) is 2. The number of nitrogens with zero attached hydrogens (tertiary/aromatic N) is 1. The smallest absolute Gasteiger partial charge is 0.321 e. The molecular formula is C18H28N2O3. The zero-order valence-corrected chi connectivity index (χ0v) is 14.3. The minimum absolute atomic E-state index is 0.00406. The quantitative estimate of drug-likeness (QED) is 0.876. The van der Waals surface area contributed by atoms with E-state index in [1.165, 1.54) is 5.56 Å². The van der Waals surface area contributed by atoms with Gasteiger partial charge in [-0.25, -0.2) is 4.79 Å². The van der Waals surface area contributed by atoms with Crippen molar-refractivity contribution in [2.75, 3.05) is 32.1 Å². The summed E-state index contributed by atoms with van der Waals surface area (Å²) in [5.41, 5.74) is 1.58. The number of aliphatic hydroxyl groups is 1. The van der Waals surface area contributed by atoms with Gasteiger partial charge in [0.25, 0.3) is 0 Å². The number of amides is 2. The number of likely N-dealkylation sites (tertiary alicyclic amines) is 1. The molecule has 1 fully saturated rings. The van der Waals surface area contributed by atoms with Gasteiger partial charge in [0.1, 0.15) is 0 Å². The number of urea groups is 1. The molecule has 1 heterocycles. The average molecular weight is 320 g/mol. The number of hydrogen-bond acceptors (Lipinski definition) is 3. The number of piperidine rings is 1. The van der Waals surface area contributed by atoms with Gasteiger partial charge in [-0.15, -0.1) is 0 Å². The molecule has 23 heavy (non-hydrogen) atoms. The molecule has 1 atom stereocenters. The molecule has 5 heteroatoms. The molecule has 0 aliphatic carbocycles. The number of aliphatic hydroxyl groups excluding tert-OH is 1. The van der Waals surface area contributed by atoms with Gasteiger partial charge in [-0.3, -0.25) is 0 Å². The molecule has 1 aliphatic rings. The second kappa shape index (κ2) is 7.79. The number of benzene rings is 1. The van der Waals surface area contributed by atoms with Crippen molar-refractivity contribution >= 4 is 11.7 Å². The molecule has 0 radical (unpaired) electrons. The summed E-state index contributed by atoms with van der Waals surface area (Å²) in [4.78, 5) is 14.2. The lowest BCUT2D eigenvalue weighted by molar-refractivity contribution is -0.0830. The number of carbonyl (C=O) groups is 1. The van der Waals surface area contributed by atoms with Crippen LogP contribution >= 0.6 is 0 Å². The number of rotatable bonds is 5. The van der Waals surface area contributed by atoms with Crippen LogP contribution in [0.2, 0.25) is 0 Å². The summed E-state index contributed by atoms with van der Waals surface area (Å²) in [6.07, 6.45) is 2.38. The molecule has 0 saturated carbocycles. The Bertz CT molecular complexity index is 519. The molecule has 1 aromatic rings. The highest BCUT2D eigenvalue weighted by Crippen LogP contribution is 2.26. The van der Waals surface area contributed by atoms with Crippen molar-refractivity contribution in [3.05, 3.63) is 29.8 Å². The maximum absolute atomic E-state index is 12.4. The molecule has 0 bridgehead atoms. The van der Waals surface area contributed by atoms with Gasteiger partial charge in [-0.05, 0) is 42.9 Å². The Morgan fingerprint density at radius 3 is 2.70 bits per heavy atom. The van der Waals surface area contributed by atoms with Crippen LogP contribution < -0.4 is 5.32 Å². The van der Waals surface area contributed by atoms with Crippen LogP contribution in [0.4, 0.5) is 10.5 Å². The van der Waals surface area contributed by atoms with E-state index in [4.69, 9.17) is 4.74 Å². The minimum Gasteiger partial charge on any atom is -0.393 e. The highest BCUT2D eigenvalue weighted by molar-refractivity contribution is 5.89. The van der Waals surface area contributed by atoms with Crippen molar-refractivity contribution in [3.63, 3.8) is 0 Å². The Hall–Kier alpha value is -1.59. The lowest BCUT2D eigenvalue weighted by Crippen LogP contribution is -2.50. The molecule has 1 aromatic carbocycles. The topological polar surface area (TPSA) is 61.8 Å². The van der Waals surface area contributed by atoms with E-state index in [9.17, 15) is 9.90 Å². The molecule has 2 N–H and O–H groups in total. The molecule has 0 aromatic heterocycles. The molecular weight excluding hydrogens is 292 g/mol. The van der Waals surface area contributed by atoms with E-state index in [2.05, 4.69) is 25.2 Å². The van der Waals surface area contributed by atoms with Gasteiger partial charge in [-0.2, -0.15) is 0 Å². The SMILES string of the molecule is CCC(C)c1cccc(NC(=O)N2CCC(CO)(OC)CC2)c1. The number of ether oxygens (including phenoxy) is 1. The third kappa shape index (κ3) is 4.24. The Morgan fingerprint density at radius 1 is 1.43 bits per heavy atom. The van der Waals surface area contributed by atoms with Crippen molar-refractivity contribution < 1.29 is 14.6 Å². The van der Waals surface area contributed by atoms with Gasteiger partial charge >= 0.3 is 6.03 Å². The molecule has 1 saturated heterocycles. The second-order valence-electron chi connectivity index (χ2n) is 6.40. The van der Waals surface area contributed by atoms with Crippen molar-refractivity contribution in [2.24, 2.45) is 0 Å². The van der Waals surface area contributed by atoms with Gasteiger partial charge in [0.15, 0.2) is 0 Å². The van der Waals surface area contributed by atoms with E-state index in [1.807, 2.05) is 18.2 Å². The first-order valence-electron chi connectivity index (χ1n) is 8.35. The summed E-state index contributed by atoms with van der Waals surface area (Å²) < 4.78 is 5.42. The first-order chi connectivity index (χ1) is 11.0. The predicted molar refractivity (Wildman–Crippen MR) is 91.8 cm³/mol. The van der Waals surface area contributed by atoms with Gasteiger partial charge < -0.3 is 20.1 Å². The van der Waals surface area contributed by atoms with E-state index in [-0.39, 0.29) is 12.6 Å². The van der Waals surface area contributed by atoms with E-state index >= 15 is 0 Å². The van der Waals surface area contributed by atoms with E-state index in [1.54, 1.807) is 12.0 Å². The number of anilines is 1. The summed E-state index contributed by atoms with van der Waals surface area (Å²) in [6.45, 7) is 5.52. The summed E-state index contributed by atoms with van der Waals surface area (Å²) in [5.74, 6) is 0.480. The van der Waals surface area contributed by atoms with Crippen LogP contribution in [-0.2, 0) is 4.74 Å². The Labute approximate surface area is 138 Å². The number of nitrogens with one attached hydrogen (secondary N) is 1. The molecule has 0 spiro atoms. The molecule has 128 valence electrons. The Kier molecular flexibility index (Phi) is 6.02. The van der Waals surface area contributed by atoms with Crippen LogP contribution in [0.15, 0.2) is 24.3 Å². The molecule has 2 rings (SSSR count). The lowest BCUT2D eigenvalue weighted by atomic mass is 9.92. The summed E-state index contributed by atoms with van der Waals surface area (Å²) in [6, 6.07) is 7.95. The zero-order chi connectivity index (χ0) is 16.9. The Morgan fingerprint density at radius 2 is 2.13 bits per heavy atom. The van der Waals surface area contributed by atoms with Crippen LogP contribution in [0.3, 0.4) is 0 Å². The van der Waals surface area contributed by atoms with Crippen molar-refractivity contribution in [1.29, 1.82) is 0 Å². The average Bonchev–Trinajstić information content (AvgIpc) is 2.61. The third-order valence-corrected chi connectivity index (χ3v) is 5.00. The van der Waals surface area contributed by atoms with Crippen LogP contribution in [0.5, 0.6) is 0 Å². The van der Waals surface area contributed by atoms with Gasteiger partial charge in [0.05, 0.1) is 12.2 Å². The second-order valence-corrected chi connectivity index (χ2v) is 6.40. The van der Waals surface area contributed by atoms with E-state index < -0.39 is 5.60 Å². The normalized spacial score (nSPS) is 18.5. The van der Waals surface area contributed by atoms with Crippen LogP contribution in [0, 0.1) is 0 Å². The summed E-state index contributed by atoms with van der Waals surface area (Å²) >= 11 is 0. The standard InChI is InChI=1S/C18H28N2O3/c1-4-14(2)15-6-5-7-16(12-15)19-17(22)20-10-8-18(13-21,23-3)9-11-20/h5-7,12,14,21H,4,8-11,13H2,1-3H3,(H,19,22). The predicted octanol–water partition coefficient (Wildman–Crippen LogP) is 3.21. The molecule has 1 unspecified atom stereocenters. The molecule has 2 amide bonds.